The number of hydrogen-bond donors (Lipinski definition) is 5. The first-order valence-electron chi connectivity index (χ1n) is 16.3. The highest BCUT2D eigenvalue weighted by Gasteiger charge is 2.69. The number of benzene rings is 1. The molecular formula is C35H42N2O9. The molecule has 0 aromatic heterocycles. The molecule has 7 aliphatic carbocycles. The third kappa shape index (κ3) is 4.23. The number of aliphatic hydroxyl groups is 3. The monoisotopic (exact) mass is 634 g/mol. The van der Waals surface area contributed by atoms with Crippen LogP contribution in [0, 0.1) is 35.0 Å². The molecule has 0 saturated heterocycles. The molecule has 7 aliphatic rings. The second-order valence-corrected chi connectivity index (χ2v) is 15.2. The average Bonchev–Trinajstić information content (AvgIpc) is 3.16. The normalized spacial score (nSPS) is 39.6. The third-order valence-corrected chi connectivity index (χ3v) is 12.3. The predicted molar refractivity (Wildman–Crippen MR) is 164 cm³/mol. The number of aliphatic hydroxyl groups excluding tert-OH is 2. The SMILES string of the molecule is C[C@H]1c2cccc(O)c2C(O)=C2C(=O)[C@]3(O)C(O)=C(C(N)=O)C(=O)[C@@H](N(C)C)[C@@H]3[C@@H](OC(=O)CC34CCC5CC(CC(C5)C3)C4)[C@@H]21. The molecule has 4 bridgehead atoms. The Labute approximate surface area is 267 Å². The molecule has 5 saturated carbocycles. The summed E-state index contributed by atoms with van der Waals surface area (Å²) in [6, 6.07) is 3.24. The fraction of sp³-hybridized carbons (Fsp3) is 0.600. The van der Waals surface area contributed by atoms with E-state index in [2.05, 4.69) is 0 Å². The lowest BCUT2D eigenvalue weighted by atomic mass is 9.54. The van der Waals surface area contributed by atoms with E-state index >= 15 is 0 Å². The van der Waals surface area contributed by atoms with Crippen LogP contribution >= 0.6 is 0 Å². The summed E-state index contributed by atoms with van der Waals surface area (Å²) < 4.78 is 6.37. The quantitative estimate of drug-likeness (QED) is 0.238. The number of carbonyl (C=O) groups excluding carboxylic acids is 4. The van der Waals surface area contributed by atoms with E-state index in [0.717, 1.165) is 25.7 Å². The first-order chi connectivity index (χ1) is 21.7. The minimum absolute atomic E-state index is 0.0130. The van der Waals surface area contributed by atoms with Crippen LogP contribution in [0.25, 0.3) is 5.76 Å². The van der Waals surface area contributed by atoms with Crippen molar-refractivity contribution in [3.63, 3.8) is 0 Å². The lowest BCUT2D eigenvalue weighted by Crippen LogP contribution is -2.71. The maximum Gasteiger partial charge on any atom is 0.306 e. The van der Waals surface area contributed by atoms with E-state index in [0.29, 0.717) is 23.3 Å². The highest BCUT2D eigenvalue weighted by molar-refractivity contribution is 6.24. The van der Waals surface area contributed by atoms with Crippen LogP contribution in [0.2, 0.25) is 0 Å². The fourth-order valence-corrected chi connectivity index (χ4v) is 10.7. The number of carbonyl (C=O) groups is 4. The summed E-state index contributed by atoms with van der Waals surface area (Å²) in [4.78, 5) is 56.3. The van der Waals surface area contributed by atoms with Crippen molar-refractivity contribution < 1.29 is 44.3 Å². The van der Waals surface area contributed by atoms with E-state index in [1.54, 1.807) is 19.1 Å². The van der Waals surface area contributed by atoms with Gasteiger partial charge in [-0.25, -0.2) is 0 Å². The van der Waals surface area contributed by atoms with E-state index in [1.165, 1.54) is 44.3 Å². The van der Waals surface area contributed by atoms with E-state index in [9.17, 15) is 39.6 Å². The molecule has 5 fully saturated rings. The Hall–Kier alpha value is -3.70. The highest BCUT2D eigenvalue weighted by Crippen LogP contribution is 2.60. The maximum absolute atomic E-state index is 14.4. The zero-order chi connectivity index (χ0) is 33.0. The number of nitrogens with two attached hydrogens (primary N) is 1. The van der Waals surface area contributed by atoms with Crippen LogP contribution in [-0.4, -0.2) is 80.6 Å². The molecule has 0 radical (unpaired) electrons. The second-order valence-electron chi connectivity index (χ2n) is 15.2. The fourth-order valence-electron chi connectivity index (χ4n) is 10.7. The number of phenols is 1. The summed E-state index contributed by atoms with van der Waals surface area (Å²) in [5, 5.41) is 46.0. The van der Waals surface area contributed by atoms with Gasteiger partial charge in [-0.3, -0.25) is 24.1 Å². The standard InChI is InChI=1S/C35H42N2O9/c1-15-19-5-4-6-20(38)23(19)28(40)24-22(15)30(46-21(39)14-34-8-7-16-9-17(12-34)11-18(10-16)13-34)26-27(37(2)3)29(41)25(33(36)44)32(43)35(26,45)31(24)42/h4-6,15-18,22,26-27,30,38,40,43,45H,7-14H2,1-3H3,(H2,36,44)/t15-,16?,17?,18?,22+,26+,27-,30-,34?,35-/m0/s1. The Balaban J connectivity index is 1.38. The van der Waals surface area contributed by atoms with Gasteiger partial charge in [0.2, 0.25) is 5.78 Å². The largest absolute Gasteiger partial charge is 0.508 e. The molecule has 1 aromatic carbocycles. The summed E-state index contributed by atoms with van der Waals surface area (Å²) in [7, 11) is 3.04. The number of amides is 1. The predicted octanol–water partition coefficient (Wildman–Crippen LogP) is 3.04. The zero-order valence-electron chi connectivity index (χ0n) is 26.4. The summed E-state index contributed by atoms with van der Waals surface area (Å²) in [5.41, 5.74) is 1.52. The van der Waals surface area contributed by atoms with Crippen molar-refractivity contribution in [3.8, 4) is 5.75 Å². The second kappa shape index (κ2) is 10.4. The van der Waals surface area contributed by atoms with Crippen molar-refractivity contribution in [1.29, 1.82) is 0 Å². The molecule has 246 valence electrons. The third-order valence-electron chi connectivity index (χ3n) is 12.3. The molecule has 8 atom stereocenters. The van der Waals surface area contributed by atoms with Gasteiger partial charge in [0.05, 0.1) is 23.9 Å². The number of aromatic hydroxyl groups is 1. The van der Waals surface area contributed by atoms with Gasteiger partial charge in [0.1, 0.15) is 28.9 Å². The van der Waals surface area contributed by atoms with Crippen LogP contribution in [0.15, 0.2) is 35.1 Å². The van der Waals surface area contributed by atoms with E-state index in [1.807, 2.05) is 0 Å². The van der Waals surface area contributed by atoms with Gasteiger partial charge in [-0.1, -0.05) is 19.1 Å². The van der Waals surface area contributed by atoms with E-state index < -0.39 is 76.0 Å². The Morgan fingerprint density at radius 2 is 1.70 bits per heavy atom. The molecule has 0 spiro atoms. The van der Waals surface area contributed by atoms with Crippen molar-refractivity contribution in [2.75, 3.05) is 14.1 Å². The first-order valence-corrected chi connectivity index (χ1v) is 16.3. The molecule has 46 heavy (non-hydrogen) atoms. The molecule has 11 nitrogen and oxygen atoms in total. The van der Waals surface area contributed by atoms with Crippen LogP contribution in [0.5, 0.6) is 5.75 Å². The highest BCUT2D eigenvalue weighted by atomic mass is 16.5. The summed E-state index contributed by atoms with van der Waals surface area (Å²) in [6.45, 7) is 1.76. The summed E-state index contributed by atoms with van der Waals surface area (Å²) in [6.07, 6.45) is 6.17. The van der Waals surface area contributed by atoms with Crippen molar-refractivity contribution in [2.24, 2.45) is 40.7 Å². The van der Waals surface area contributed by atoms with Gasteiger partial charge >= 0.3 is 5.97 Å². The zero-order valence-corrected chi connectivity index (χ0v) is 26.4. The molecule has 0 aliphatic heterocycles. The summed E-state index contributed by atoms with van der Waals surface area (Å²) in [5.74, 6) is -7.49. The Kier molecular flexibility index (Phi) is 6.99. The molecule has 11 heteroatoms. The Bertz CT molecular complexity index is 1610. The van der Waals surface area contributed by atoms with Gasteiger partial charge in [-0.15, -0.1) is 0 Å². The van der Waals surface area contributed by atoms with Gasteiger partial charge in [0.15, 0.2) is 11.4 Å². The number of Topliss-reactive ketones (excluding diaryl/α,β-unsaturated/α-hetero) is 2. The molecule has 2 unspecified atom stereocenters. The Morgan fingerprint density at radius 3 is 2.33 bits per heavy atom. The number of phenolic OH excluding ortho intramolecular Hbond substituents is 1. The van der Waals surface area contributed by atoms with Crippen LogP contribution in [0.3, 0.4) is 0 Å². The maximum atomic E-state index is 14.4. The molecule has 1 aromatic rings. The minimum Gasteiger partial charge on any atom is -0.508 e. The van der Waals surface area contributed by atoms with Crippen molar-refractivity contribution in [1.82, 2.24) is 4.90 Å². The summed E-state index contributed by atoms with van der Waals surface area (Å²) >= 11 is 0. The molecule has 8 rings (SSSR count). The minimum atomic E-state index is -2.95. The molecule has 0 heterocycles. The van der Waals surface area contributed by atoms with Gasteiger partial charge in [0, 0.05) is 11.5 Å². The van der Waals surface area contributed by atoms with E-state index in [4.69, 9.17) is 10.5 Å². The average molecular weight is 635 g/mol. The van der Waals surface area contributed by atoms with E-state index in [-0.39, 0.29) is 28.7 Å². The topological polar surface area (TPSA) is 188 Å². The number of rotatable bonds is 5. The first kappa shape index (κ1) is 30.9. The number of fused-ring (bicyclic) bond motifs is 4. The van der Waals surface area contributed by atoms with Crippen LogP contribution in [-0.2, 0) is 23.9 Å². The molecule has 1 amide bonds. The van der Waals surface area contributed by atoms with Crippen molar-refractivity contribution in [2.45, 2.75) is 82.0 Å². The number of nitrogens with zero attached hydrogens (tertiary/aromatic N) is 1. The van der Waals surface area contributed by atoms with Gasteiger partial charge in [-0.2, -0.15) is 0 Å². The van der Waals surface area contributed by atoms with Gasteiger partial charge in [0.25, 0.3) is 5.91 Å². The van der Waals surface area contributed by atoms with Crippen molar-refractivity contribution >= 4 is 29.2 Å². The number of primary amides is 1. The van der Waals surface area contributed by atoms with Crippen molar-refractivity contribution in [3.05, 3.63) is 46.2 Å². The van der Waals surface area contributed by atoms with Crippen LogP contribution in [0.1, 0.15) is 75.3 Å². The van der Waals surface area contributed by atoms with Gasteiger partial charge in [-0.05, 0) is 99.8 Å². The number of hydrogen-bond acceptors (Lipinski definition) is 10. The number of ketones is 2. The van der Waals surface area contributed by atoms with Crippen LogP contribution < -0.4 is 5.73 Å². The van der Waals surface area contributed by atoms with Crippen LogP contribution in [0.4, 0.5) is 0 Å². The number of likely N-dealkylation sites (N-methyl/N-ethyl adjacent to an activating group) is 1. The Morgan fingerprint density at radius 1 is 1.04 bits per heavy atom. The van der Waals surface area contributed by atoms with Gasteiger partial charge < -0.3 is 30.9 Å². The molecular weight excluding hydrogens is 592 g/mol. The number of esters is 1. The lowest BCUT2D eigenvalue weighted by Gasteiger charge is -2.54. The smallest absolute Gasteiger partial charge is 0.306 e. The number of ether oxygens (including phenoxy) is 1. The lowest BCUT2D eigenvalue weighted by molar-refractivity contribution is -0.187. The molecule has 6 N–H and O–H groups in total.